The van der Waals surface area contributed by atoms with Crippen molar-refractivity contribution in [2.45, 2.75) is 6.54 Å². The normalized spacial score (nSPS) is 10.2. The molecule has 7 heteroatoms. The highest BCUT2D eigenvalue weighted by Crippen LogP contribution is 2.23. The van der Waals surface area contributed by atoms with Gasteiger partial charge in [0.2, 0.25) is 0 Å². The number of carbonyl (C=O) groups is 2. The fourth-order valence-corrected chi connectivity index (χ4v) is 2.22. The summed E-state index contributed by atoms with van der Waals surface area (Å²) in [5, 5.41) is 4.29. The molecule has 3 N–H and O–H groups in total. The summed E-state index contributed by atoms with van der Waals surface area (Å²) < 4.78 is 9.84. The Kier molecular flexibility index (Phi) is 3.98. The molecule has 2 rings (SSSR count). The van der Waals surface area contributed by atoms with Crippen LogP contribution >= 0.6 is 11.3 Å². The number of hydrogen-bond acceptors (Lipinski definition) is 6. The second-order valence-electron chi connectivity index (χ2n) is 3.58. The first-order valence-corrected chi connectivity index (χ1v) is 6.29. The molecule has 0 fully saturated rings. The van der Waals surface area contributed by atoms with Gasteiger partial charge >= 0.3 is 5.97 Å². The summed E-state index contributed by atoms with van der Waals surface area (Å²) in [6.07, 6.45) is 0. The second kappa shape index (κ2) is 5.68. The molecule has 0 saturated heterocycles. The third-order valence-electron chi connectivity index (χ3n) is 2.37. The third-order valence-corrected chi connectivity index (χ3v) is 3.27. The molecular weight excluding hydrogens is 268 g/mol. The van der Waals surface area contributed by atoms with Crippen LogP contribution in [-0.2, 0) is 11.3 Å². The monoisotopic (exact) mass is 280 g/mol. The van der Waals surface area contributed by atoms with Gasteiger partial charge in [-0.15, -0.1) is 11.3 Å². The molecule has 0 aromatic carbocycles. The zero-order chi connectivity index (χ0) is 13.8. The van der Waals surface area contributed by atoms with E-state index in [-0.39, 0.29) is 12.3 Å². The molecule has 0 unspecified atom stereocenters. The highest BCUT2D eigenvalue weighted by Gasteiger charge is 2.17. The standard InChI is InChI=1S/C12H12N2O4S/c1-17-12(16)10-8(4-5-19-10)14-11(15)9-3-2-7(6-13)18-9/h2-5H,6,13H2,1H3,(H,14,15). The molecule has 1 amide bonds. The van der Waals surface area contributed by atoms with Gasteiger partial charge in [-0.3, -0.25) is 4.79 Å². The lowest BCUT2D eigenvalue weighted by Crippen LogP contribution is -2.13. The molecule has 100 valence electrons. The van der Waals surface area contributed by atoms with Gasteiger partial charge in [0, 0.05) is 0 Å². The summed E-state index contributed by atoms with van der Waals surface area (Å²) in [6, 6.07) is 4.78. The Morgan fingerprint density at radius 1 is 1.42 bits per heavy atom. The molecule has 0 atom stereocenters. The van der Waals surface area contributed by atoms with Crippen LogP contribution < -0.4 is 11.1 Å². The van der Waals surface area contributed by atoms with Crippen LogP contribution in [0.15, 0.2) is 28.0 Å². The van der Waals surface area contributed by atoms with Crippen molar-refractivity contribution in [3.05, 3.63) is 40.0 Å². The van der Waals surface area contributed by atoms with E-state index in [9.17, 15) is 9.59 Å². The highest BCUT2D eigenvalue weighted by molar-refractivity contribution is 7.12. The first-order chi connectivity index (χ1) is 9.15. The molecular formula is C12H12N2O4S. The van der Waals surface area contributed by atoms with Crippen molar-refractivity contribution < 1.29 is 18.7 Å². The quantitative estimate of drug-likeness (QED) is 0.833. The van der Waals surface area contributed by atoms with Gasteiger partial charge < -0.3 is 20.2 Å². The number of nitrogens with two attached hydrogens (primary N) is 1. The zero-order valence-electron chi connectivity index (χ0n) is 10.1. The van der Waals surface area contributed by atoms with Gasteiger partial charge in [0.05, 0.1) is 19.3 Å². The fraction of sp³-hybridized carbons (Fsp3) is 0.167. The number of amides is 1. The minimum Gasteiger partial charge on any atom is -0.465 e. The lowest BCUT2D eigenvalue weighted by Gasteiger charge is -2.03. The van der Waals surface area contributed by atoms with E-state index in [1.165, 1.54) is 24.5 Å². The average molecular weight is 280 g/mol. The lowest BCUT2D eigenvalue weighted by molar-refractivity contribution is 0.0607. The zero-order valence-corrected chi connectivity index (χ0v) is 11.0. The maximum atomic E-state index is 11.9. The SMILES string of the molecule is COC(=O)c1sccc1NC(=O)c1ccc(CN)o1. The number of nitrogens with one attached hydrogen (secondary N) is 1. The molecule has 0 radical (unpaired) electrons. The van der Waals surface area contributed by atoms with Crippen molar-refractivity contribution in [1.82, 2.24) is 0 Å². The molecule has 2 aromatic heterocycles. The Hall–Kier alpha value is -2.12. The molecule has 0 saturated carbocycles. The summed E-state index contributed by atoms with van der Waals surface area (Å²) in [7, 11) is 1.29. The number of thiophene rings is 1. The number of furan rings is 1. The van der Waals surface area contributed by atoms with Gasteiger partial charge in [0.25, 0.3) is 5.91 Å². The molecule has 19 heavy (non-hydrogen) atoms. The third kappa shape index (κ3) is 2.83. The summed E-state index contributed by atoms with van der Waals surface area (Å²) in [4.78, 5) is 23.7. The number of hydrogen-bond donors (Lipinski definition) is 2. The number of rotatable bonds is 4. The fourth-order valence-electron chi connectivity index (χ4n) is 1.45. The molecule has 0 aliphatic carbocycles. The van der Waals surface area contributed by atoms with Gasteiger partial charge in [-0.05, 0) is 23.6 Å². The smallest absolute Gasteiger partial charge is 0.350 e. The summed E-state index contributed by atoms with van der Waals surface area (Å²) in [6.45, 7) is 0.221. The number of methoxy groups -OCH3 is 1. The van der Waals surface area contributed by atoms with Crippen LogP contribution in [0.1, 0.15) is 26.0 Å². The Bertz CT molecular complexity index is 602. The maximum Gasteiger partial charge on any atom is 0.350 e. The van der Waals surface area contributed by atoms with E-state index in [2.05, 4.69) is 10.1 Å². The first-order valence-electron chi connectivity index (χ1n) is 5.41. The minimum atomic E-state index is -0.493. The predicted octanol–water partition coefficient (Wildman–Crippen LogP) is 1.84. The Morgan fingerprint density at radius 3 is 2.84 bits per heavy atom. The van der Waals surface area contributed by atoms with Gasteiger partial charge in [-0.25, -0.2) is 4.79 Å². The molecule has 0 aliphatic heterocycles. The average Bonchev–Trinajstić information content (AvgIpc) is 3.06. The van der Waals surface area contributed by atoms with E-state index >= 15 is 0 Å². The van der Waals surface area contributed by atoms with Crippen LogP contribution in [0.4, 0.5) is 5.69 Å². The van der Waals surface area contributed by atoms with E-state index in [0.29, 0.717) is 16.3 Å². The number of anilines is 1. The Morgan fingerprint density at radius 2 is 2.21 bits per heavy atom. The van der Waals surface area contributed by atoms with Crippen LogP contribution in [0.2, 0.25) is 0 Å². The van der Waals surface area contributed by atoms with Crippen molar-refractivity contribution in [2.75, 3.05) is 12.4 Å². The molecule has 0 spiro atoms. The van der Waals surface area contributed by atoms with Crippen molar-refractivity contribution in [3.8, 4) is 0 Å². The summed E-state index contributed by atoms with van der Waals surface area (Å²) >= 11 is 1.19. The van der Waals surface area contributed by atoms with Gasteiger partial charge in [0.1, 0.15) is 10.6 Å². The Balaban J connectivity index is 2.15. The first kappa shape index (κ1) is 13.3. The van der Waals surface area contributed by atoms with Crippen LogP contribution in [0.25, 0.3) is 0 Å². The Labute approximate surface area is 113 Å². The number of ether oxygens (including phenoxy) is 1. The van der Waals surface area contributed by atoms with Crippen LogP contribution in [0.5, 0.6) is 0 Å². The van der Waals surface area contributed by atoms with E-state index < -0.39 is 11.9 Å². The van der Waals surface area contributed by atoms with Crippen LogP contribution in [-0.4, -0.2) is 19.0 Å². The van der Waals surface area contributed by atoms with Crippen molar-refractivity contribution >= 4 is 28.9 Å². The van der Waals surface area contributed by atoms with Crippen molar-refractivity contribution in [2.24, 2.45) is 5.73 Å². The molecule has 0 bridgehead atoms. The van der Waals surface area contributed by atoms with E-state index in [0.717, 1.165) is 0 Å². The van der Waals surface area contributed by atoms with E-state index in [4.69, 9.17) is 10.2 Å². The van der Waals surface area contributed by atoms with Gasteiger partial charge in [0.15, 0.2) is 5.76 Å². The van der Waals surface area contributed by atoms with Crippen molar-refractivity contribution in [3.63, 3.8) is 0 Å². The predicted molar refractivity (Wildman–Crippen MR) is 70.2 cm³/mol. The minimum absolute atomic E-state index is 0.141. The lowest BCUT2D eigenvalue weighted by atomic mass is 10.3. The molecule has 6 nitrogen and oxygen atoms in total. The van der Waals surface area contributed by atoms with Crippen molar-refractivity contribution in [1.29, 1.82) is 0 Å². The summed E-state index contributed by atoms with van der Waals surface area (Å²) in [5.41, 5.74) is 5.79. The number of esters is 1. The van der Waals surface area contributed by atoms with Gasteiger partial charge in [-0.1, -0.05) is 0 Å². The largest absolute Gasteiger partial charge is 0.465 e. The highest BCUT2D eigenvalue weighted by atomic mass is 32.1. The van der Waals surface area contributed by atoms with Gasteiger partial charge in [-0.2, -0.15) is 0 Å². The maximum absolute atomic E-state index is 11.9. The topological polar surface area (TPSA) is 94.6 Å². The molecule has 2 heterocycles. The second-order valence-corrected chi connectivity index (χ2v) is 4.50. The molecule has 0 aliphatic rings. The van der Waals surface area contributed by atoms with E-state index in [1.807, 2.05) is 0 Å². The number of carbonyl (C=O) groups excluding carboxylic acids is 2. The van der Waals surface area contributed by atoms with E-state index in [1.54, 1.807) is 17.5 Å². The summed E-state index contributed by atoms with van der Waals surface area (Å²) in [5.74, 6) is -0.276. The van der Waals surface area contributed by atoms with Crippen LogP contribution in [0.3, 0.4) is 0 Å². The van der Waals surface area contributed by atoms with Crippen LogP contribution in [0, 0.1) is 0 Å². The molecule has 2 aromatic rings.